The van der Waals surface area contributed by atoms with E-state index < -0.39 is 4.92 Å². The first-order chi connectivity index (χ1) is 9.10. The molecule has 0 saturated heterocycles. The van der Waals surface area contributed by atoms with Crippen molar-refractivity contribution in [2.45, 2.75) is 26.3 Å². The topological polar surface area (TPSA) is 102 Å². The van der Waals surface area contributed by atoms with Gasteiger partial charge in [0.05, 0.1) is 11.5 Å². The monoisotopic (exact) mass is 269 g/mol. The average Bonchev–Trinajstić information content (AvgIpc) is 2.36. The molecule has 1 aromatic heterocycles. The highest BCUT2D eigenvalue weighted by atomic mass is 16.6. The van der Waals surface area contributed by atoms with Crippen molar-refractivity contribution >= 4 is 17.3 Å². The van der Waals surface area contributed by atoms with E-state index in [1.807, 2.05) is 13.8 Å². The largest absolute Gasteiger partial charge is 0.383 e. The molecular formula is C11H19N5O3. The maximum atomic E-state index is 11.2. The Hall–Kier alpha value is -1.96. The van der Waals surface area contributed by atoms with E-state index in [0.717, 1.165) is 6.42 Å². The summed E-state index contributed by atoms with van der Waals surface area (Å²) in [6, 6.07) is -0.0855. The number of hydrogen-bond donors (Lipinski definition) is 2. The number of nitrogens with zero attached hydrogens (tertiary/aromatic N) is 3. The molecule has 0 aliphatic carbocycles. The second kappa shape index (κ2) is 7.47. The molecule has 1 rings (SSSR count). The van der Waals surface area contributed by atoms with E-state index in [2.05, 4.69) is 20.6 Å². The lowest BCUT2D eigenvalue weighted by Gasteiger charge is -2.14. The van der Waals surface area contributed by atoms with Gasteiger partial charge in [0, 0.05) is 19.7 Å². The Morgan fingerprint density at radius 3 is 2.74 bits per heavy atom. The number of hydrogen-bond acceptors (Lipinski definition) is 7. The van der Waals surface area contributed by atoms with Crippen LogP contribution in [0, 0.1) is 10.1 Å². The van der Waals surface area contributed by atoms with Gasteiger partial charge in [0.25, 0.3) is 0 Å². The lowest BCUT2D eigenvalue weighted by molar-refractivity contribution is -0.383. The van der Waals surface area contributed by atoms with Gasteiger partial charge in [-0.05, 0) is 13.3 Å². The van der Waals surface area contributed by atoms with Crippen LogP contribution in [0.25, 0.3) is 0 Å². The highest BCUT2D eigenvalue weighted by molar-refractivity contribution is 5.69. The first kappa shape index (κ1) is 15.1. The zero-order valence-electron chi connectivity index (χ0n) is 11.3. The van der Waals surface area contributed by atoms with Gasteiger partial charge in [0.15, 0.2) is 0 Å². The molecule has 0 spiro atoms. The highest BCUT2D eigenvalue weighted by Crippen LogP contribution is 2.29. The minimum absolute atomic E-state index is 0.0855. The summed E-state index contributed by atoms with van der Waals surface area (Å²) in [4.78, 5) is 18.5. The van der Waals surface area contributed by atoms with Crippen LogP contribution in [-0.2, 0) is 4.74 Å². The van der Waals surface area contributed by atoms with E-state index in [1.165, 1.54) is 6.33 Å². The Morgan fingerprint density at radius 1 is 1.47 bits per heavy atom. The third kappa shape index (κ3) is 4.32. The van der Waals surface area contributed by atoms with Crippen molar-refractivity contribution in [2.75, 3.05) is 30.9 Å². The molecule has 1 atom stereocenters. The average molecular weight is 269 g/mol. The molecule has 1 heterocycles. The van der Waals surface area contributed by atoms with Crippen LogP contribution >= 0.6 is 0 Å². The van der Waals surface area contributed by atoms with E-state index in [9.17, 15) is 10.1 Å². The van der Waals surface area contributed by atoms with Gasteiger partial charge in [-0.15, -0.1) is 0 Å². The molecule has 2 N–H and O–H groups in total. The second-order valence-corrected chi connectivity index (χ2v) is 4.10. The van der Waals surface area contributed by atoms with Crippen molar-refractivity contribution in [1.29, 1.82) is 0 Å². The Kier molecular flexibility index (Phi) is 5.94. The number of rotatable bonds is 8. The molecule has 19 heavy (non-hydrogen) atoms. The lowest BCUT2D eigenvalue weighted by atomic mass is 10.3. The molecule has 0 aliphatic rings. The molecule has 0 bridgehead atoms. The number of methoxy groups -OCH3 is 1. The fourth-order valence-corrected chi connectivity index (χ4v) is 1.56. The quantitative estimate of drug-likeness (QED) is 0.546. The van der Waals surface area contributed by atoms with Gasteiger partial charge in [-0.3, -0.25) is 10.1 Å². The first-order valence-electron chi connectivity index (χ1n) is 6.08. The Labute approximate surface area is 111 Å². The van der Waals surface area contributed by atoms with Crippen molar-refractivity contribution < 1.29 is 9.66 Å². The van der Waals surface area contributed by atoms with Crippen LogP contribution < -0.4 is 10.6 Å². The van der Waals surface area contributed by atoms with E-state index in [4.69, 9.17) is 4.74 Å². The van der Waals surface area contributed by atoms with Gasteiger partial charge < -0.3 is 15.4 Å². The Bertz CT molecular complexity index is 427. The number of nitrogens with one attached hydrogen (secondary N) is 2. The molecule has 0 aromatic carbocycles. The van der Waals surface area contributed by atoms with Crippen LogP contribution in [-0.4, -0.2) is 41.2 Å². The molecule has 106 valence electrons. The van der Waals surface area contributed by atoms with Crippen molar-refractivity contribution in [1.82, 2.24) is 9.97 Å². The van der Waals surface area contributed by atoms with E-state index in [-0.39, 0.29) is 23.4 Å². The summed E-state index contributed by atoms with van der Waals surface area (Å²) in [6.07, 6.45) is 2.15. The fourth-order valence-electron chi connectivity index (χ4n) is 1.56. The fraction of sp³-hybridized carbons (Fsp3) is 0.636. The van der Waals surface area contributed by atoms with Crippen LogP contribution in [0.2, 0.25) is 0 Å². The summed E-state index contributed by atoms with van der Waals surface area (Å²) < 4.78 is 4.98. The number of ether oxygens (including phenoxy) is 1. The summed E-state index contributed by atoms with van der Waals surface area (Å²) in [5.74, 6) is 0.428. The SMILES string of the molecule is CCCNc1ncnc(NC(C)COC)c1[N+](=O)[O-]. The summed E-state index contributed by atoms with van der Waals surface area (Å²) in [7, 11) is 1.57. The molecule has 0 amide bonds. The van der Waals surface area contributed by atoms with E-state index >= 15 is 0 Å². The van der Waals surface area contributed by atoms with E-state index in [1.54, 1.807) is 7.11 Å². The minimum Gasteiger partial charge on any atom is -0.383 e. The summed E-state index contributed by atoms with van der Waals surface area (Å²) >= 11 is 0. The van der Waals surface area contributed by atoms with E-state index in [0.29, 0.717) is 13.2 Å². The van der Waals surface area contributed by atoms with Gasteiger partial charge in [0.1, 0.15) is 6.33 Å². The van der Waals surface area contributed by atoms with Crippen LogP contribution in [0.4, 0.5) is 17.3 Å². The third-order valence-electron chi connectivity index (χ3n) is 2.35. The smallest absolute Gasteiger partial charge is 0.353 e. The van der Waals surface area contributed by atoms with Crippen molar-refractivity contribution in [2.24, 2.45) is 0 Å². The molecule has 0 saturated carbocycles. The third-order valence-corrected chi connectivity index (χ3v) is 2.35. The van der Waals surface area contributed by atoms with Crippen molar-refractivity contribution in [3.8, 4) is 0 Å². The standard InChI is InChI=1S/C11H19N5O3/c1-4-5-12-10-9(16(17)18)11(14-7-13-10)15-8(2)6-19-3/h7-8H,4-6H2,1-3H3,(H2,12,13,14,15). The summed E-state index contributed by atoms with van der Waals surface area (Å²) in [5, 5.41) is 17.0. The predicted molar refractivity (Wildman–Crippen MR) is 72.4 cm³/mol. The summed E-state index contributed by atoms with van der Waals surface area (Å²) in [6.45, 7) is 4.87. The van der Waals surface area contributed by atoms with Crippen LogP contribution in [0.15, 0.2) is 6.33 Å². The number of aromatic nitrogens is 2. The molecule has 0 aliphatic heterocycles. The van der Waals surface area contributed by atoms with Gasteiger partial charge in [-0.25, -0.2) is 9.97 Å². The molecule has 1 unspecified atom stereocenters. The zero-order chi connectivity index (χ0) is 14.3. The Balaban J connectivity index is 2.99. The van der Waals surface area contributed by atoms with Crippen LogP contribution in [0.1, 0.15) is 20.3 Å². The van der Waals surface area contributed by atoms with Crippen LogP contribution in [0.3, 0.4) is 0 Å². The molecular weight excluding hydrogens is 250 g/mol. The van der Waals surface area contributed by atoms with Gasteiger partial charge in [0.2, 0.25) is 11.6 Å². The first-order valence-corrected chi connectivity index (χ1v) is 6.08. The Morgan fingerprint density at radius 2 is 2.16 bits per heavy atom. The maximum absolute atomic E-state index is 11.2. The minimum atomic E-state index is -0.486. The molecule has 8 nitrogen and oxygen atoms in total. The van der Waals surface area contributed by atoms with Gasteiger partial charge >= 0.3 is 5.69 Å². The summed E-state index contributed by atoms with van der Waals surface area (Å²) in [5.41, 5.74) is -0.140. The maximum Gasteiger partial charge on any atom is 0.353 e. The lowest BCUT2D eigenvalue weighted by Crippen LogP contribution is -2.22. The zero-order valence-corrected chi connectivity index (χ0v) is 11.3. The molecule has 1 aromatic rings. The van der Waals surface area contributed by atoms with Crippen LogP contribution in [0.5, 0.6) is 0 Å². The second-order valence-electron chi connectivity index (χ2n) is 4.10. The van der Waals surface area contributed by atoms with Crippen molar-refractivity contribution in [3.05, 3.63) is 16.4 Å². The number of anilines is 2. The van der Waals surface area contributed by atoms with Gasteiger partial charge in [-0.2, -0.15) is 0 Å². The predicted octanol–water partition coefficient (Wildman–Crippen LogP) is 1.65. The highest BCUT2D eigenvalue weighted by Gasteiger charge is 2.23. The van der Waals surface area contributed by atoms with Crippen molar-refractivity contribution in [3.63, 3.8) is 0 Å². The van der Waals surface area contributed by atoms with Gasteiger partial charge in [-0.1, -0.05) is 6.92 Å². The molecule has 0 radical (unpaired) electrons. The molecule has 0 fully saturated rings. The normalized spacial score (nSPS) is 11.9. The number of nitro groups is 1. The molecule has 8 heteroatoms.